The average Bonchev–Trinajstić information content (AvgIpc) is 3.79. The SMILES string of the molecule is Fc1ccc(F)c2c1C1=NC2=Nc2c3c(F)ccc(F)c3c3[n]2[Sn][n]2c(c4c(F)ccc(F)c4c2=NC2=NC(=N3)c3c(F)ccc(F)c32)=N1. The molecule has 0 fully saturated rings. The second-order valence-corrected chi connectivity index (χ2v) is 14.3. The molecule has 0 atom stereocenters. The van der Waals surface area contributed by atoms with Crippen molar-refractivity contribution in [1.82, 2.24) is 5.58 Å². The van der Waals surface area contributed by atoms with Gasteiger partial charge in [-0.15, -0.1) is 0 Å². The van der Waals surface area contributed by atoms with E-state index >= 15 is 35.1 Å². The summed E-state index contributed by atoms with van der Waals surface area (Å²) >= 11 is -2.91. The normalized spacial score (nSPS) is 15.3. The third kappa shape index (κ3) is 3.63. The molecule has 4 aliphatic rings. The Bertz CT molecular complexity index is 2710. The molecule has 10 rings (SSSR count). The summed E-state index contributed by atoms with van der Waals surface area (Å²) in [6.45, 7) is 0. The van der Waals surface area contributed by atoms with E-state index in [2.05, 4.69) is 30.0 Å². The summed E-state index contributed by atoms with van der Waals surface area (Å²) in [6.07, 6.45) is 0. The number of rotatable bonds is 0. The van der Waals surface area contributed by atoms with E-state index in [4.69, 9.17) is 0 Å². The van der Waals surface area contributed by atoms with E-state index in [1.807, 2.05) is 0 Å². The van der Waals surface area contributed by atoms with Crippen LogP contribution in [0.25, 0.3) is 21.5 Å². The van der Waals surface area contributed by atoms with E-state index in [-0.39, 0.29) is 22.6 Å². The number of nitrogens with zero attached hydrogens (tertiary/aromatic N) is 8. The Hall–Kier alpha value is -5.52. The Morgan fingerprint density at radius 3 is 1.02 bits per heavy atom. The first-order valence-electron chi connectivity index (χ1n) is 14.2. The van der Waals surface area contributed by atoms with Crippen LogP contribution >= 0.6 is 0 Å². The van der Waals surface area contributed by atoms with Gasteiger partial charge in [0, 0.05) is 0 Å². The van der Waals surface area contributed by atoms with Crippen LogP contribution in [-0.4, -0.2) is 50.6 Å². The Labute approximate surface area is 276 Å². The molecular weight excluding hydrogens is 767 g/mol. The molecule has 6 aromatic rings. The zero-order valence-corrected chi connectivity index (χ0v) is 26.6. The Kier molecular flexibility index (Phi) is 5.55. The molecule has 49 heavy (non-hydrogen) atoms. The molecule has 4 aromatic carbocycles. The summed E-state index contributed by atoms with van der Waals surface area (Å²) < 4.78 is 128. The first-order chi connectivity index (χ1) is 23.6. The molecule has 236 valence electrons. The zero-order chi connectivity index (χ0) is 33.6. The van der Waals surface area contributed by atoms with Crippen LogP contribution < -0.4 is 11.0 Å². The molecule has 4 aliphatic heterocycles. The quantitative estimate of drug-likeness (QED) is 0.143. The molecular formula is C32H8F8N8Sn. The Balaban J connectivity index is 1.52. The van der Waals surface area contributed by atoms with Gasteiger partial charge < -0.3 is 0 Å². The van der Waals surface area contributed by atoms with Crippen molar-refractivity contribution >= 4 is 78.2 Å². The molecule has 0 N–H and O–H groups in total. The van der Waals surface area contributed by atoms with Crippen LogP contribution in [0.15, 0.2) is 78.5 Å². The van der Waals surface area contributed by atoms with Gasteiger partial charge in [-0.1, -0.05) is 0 Å². The first-order valence-corrected chi connectivity index (χ1v) is 16.7. The van der Waals surface area contributed by atoms with Crippen molar-refractivity contribution < 1.29 is 35.1 Å². The van der Waals surface area contributed by atoms with Crippen LogP contribution in [0.3, 0.4) is 0 Å². The molecule has 0 saturated heterocycles. The van der Waals surface area contributed by atoms with Crippen molar-refractivity contribution in [3.63, 3.8) is 0 Å². The van der Waals surface area contributed by atoms with Crippen LogP contribution in [0.4, 0.5) is 46.8 Å². The number of benzene rings is 4. The average molecular weight is 775 g/mol. The first kappa shape index (κ1) is 28.5. The minimum atomic E-state index is -2.91. The number of aromatic nitrogens is 2. The van der Waals surface area contributed by atoms with Gasteiger partial charge in [0.25, 0.3) is 0 Å². The summed E-state index contributed by atoms with van der Waals surface area (Å²) in [5.74, 6) is -10.5. The van der Waals surface area contributed by atoms with Crippen LogP contribution in [0.2, 0.25) is 0 Å². The van der Waals surface area contributed by atoms with Crippen molar-refractivity contribution in [2.24, 2.45) is 30.0 Å². The molecule has 0 saturated carbocycles. The van der Waals surface area contributed by atoms with Crippen LogP contribution in [0.1, 0.15) is 22.3 Å². The Morgan fingerprint density at radius 2 is 0.653 bits per heavy atom. The number of amidine groups is 4. The summed E-state index contributed by atoms with van der Waals surface area (Å²) in [5.41, 5.74) is -2.56. The summed E-state index contributed by atoms with van der Waals surface area (Å²) in [6, 6.07) is 6.56. The van der Waals surface area contributed by atoms with Crippen LogP contribution in [0.5, 0.6) is 0 Å². The van der Waals surface area contributed by atoms with Crippen molar-refractivity contribution in [1.29, 1.82) is 0 Å². The third-order valence-electron chi connectivity index (χ3n) is 8.52. The minimum absolute atomic E-state index is 0.354. The number of hydrogen-bond donors (Lipinski definition) is 0. The predicted molar refractivity (Wildman–Crippen MR) is 161 cm³/mol. The van der Waals surface area contributed by atoms with E-state index in [1.165, 1.54) is 5.58 Å². The van der Waals surface area contributed by atoms with Gasteiger partial charge in [-0.3, -0.25) is 0 Å². The molecule has 17 heteroatoms. The van der Waals surface area contributed by atoms with Gasteiger partial charge in [0.15, 0.2) is 0 Å². The van der Waals surface area contributed by atoms with Gasteiger partial charge in [0.05, 0.1) is 0 Å². The molecule has 0 amide bonds. The van der Waals surface area contributed by atoms with E-state index in [0.29, 0.717) is 0 Å². The Morgan fingerprint density at radius 1 is 0.347 bits per heavy atom. The van der Waals surface area contributed by atoms with Gasteiger partial charge >= 0.3 is 277 Å². The molecule has 6 bridgehead atoms. The van der Waals surface area contributed by atoms with Gasteiger partial charge in [0.1, 0.15) is 0 Å². The topological polar surface area (TPSA) is 84.0 Å². The molecule has 0 spiro atoms. The predicted octanol–water partition coefficient (Wildman–Crippen LogP) is 5.58. The van der Waals surface area contributed by atoms with Crippen molar-refractivity contribution in [2.75, 3.05) is 0 Å². The van der Waals surface area contributed by atoms with Crippen molar-refractivity contribution in [3.05, 3.63) is 128 Å². The second kappa shape index (κ2) is 9.55. The monoisotopic (exact) mass is 776 g/mol. The fourth-order valence-corrected chi connectivity index (χ4v) is 9.97. The van der Waals surface area contributed by atoms with Gasteiger partial charge in [-0.2, -0.15) is 0 Å². The van der Waals surface area contributed by atoms with Crippen LogP contribution in [0, 0.1) is 46.5 Å². The molecule has 8 nitrogen and oxygen atoms in total. The third-order valence-corrected chi connectivity index (χ3v) is 12.1. The molecule has 0 aliphatic carbocycles. The fourth-order valence-electron chi connectivity index (χ4n) is 6.47. The second-order valence-electron chi connectivity index (χ2n) is 11.1. The van der Waals surface area contributed by atoms with E-state index < -0.39 is 135 Å². The van der Waals surface area contributed by atoms with Crippen LogP contribution in [-0.2, 0) is 0 Å². The van der Waals surface area contributed by atoms with E-state index in [0.717, 1.165) is 48.5 Å². The maximum absolute atomic E-state index is 15.9. The van der Waals surface area contributed by atoms with Gasteiger partial charge in [-0.25, -0.2) is 0 Å². The number of aliphatic imine (C=N–C) groups is 4. The molecule has 2 aromatic heterocycles. The van der Waals surface area contributed by atoms with E-state index in [1.54, 1.807) is 0 Å². The summed E-state index contributed by atoms with van der Waals surface area (Å²) in [4.78, 5) is 26.3. The van der Waals surface area contributed by atoms with Gasteiger partial charge in [0.2, 0.25) is 0 Å². The summed E-state index contributed by atoms with van der Waals surface area (Å²) in [5, 5.41) is -1.82. The standard InChI is InChI=1S/C32H8F8N8.Sn/c33-9-1-2-10(34)18-17(9)25-41-26(18)46-28-21-13(37)5-6-14(38)22(21)30(43-28)48-32-24-16(40)8-7-15(39)23(24)31(44-32)47-29-20-12(36)4-3-11(35)19(20)27(42-29)45-25;/h1-8H;/q-2;+2. The zero-order valence-electron chi connectivity index (χ0n) is 23.7. The van der Waals surface area contributed by atoms with Crippen molar-refractivity contribution in [3.8, 4) is 0 Å². The number of hydrogen-bond acceptors (Lipinski definition) is 6. The molecule has 6 heterocycles. The maximum atomic E-state index is 15.9. The summed E-state index contributed by atoms with van der Waals surface area (Å²) in [7, 11) is 0. The molecule has 0 unspecified atom stereocenters. The number of fused-ring (bicyclic) bond motifs is 14. The van der Waals surface area contributed by atoms with E-state index in [9.17, 15) is 0 Å². The van der Waals surface area contributed by atoms with Crippen molar-refractivity contribution in [2.45, 2.75) is 0 Å². The molecule has 2 radical (unpaired) electrons. The number of halogens is 8. The fraction of sp³-hybridized carbons (Fsp3) is 0. The van der Waals surface area contributed by atoms with Gasteiger partial charge in [-0.05, 0) is 0 Å².